The predicted molar refractivity (Wildman–Crippen MR) is 76.9 cm³/mol. The molecule has 0 aliphatic carbocycles. The first-order valence-electron chi connectivity index (χ1n) is 6.53. The summed E-state index contributed by atoms with van der Waals surface area (Å²) in [5, 5.41) is 0.969. The van der Waals surface area contributed by atoms with Gasteiger partial charge in [0.2, 0.25) is 5.56 Å². The number of benzene rings is 1. The van der Waals surface area contributed by atoms with Crippen LogP contribution in [0.1, 0.15) is 6.42 Å². The number of rotatable bonds is 5. The van der Waals surface area contributed by atoms with Crippen LogP contribution in [0.2, 0.25) is 0 Å². The average molecular weight is 269 g/mol. The molecule has 0 spiro atoms. The summed E-state index contributed by atoms with van der Waals surface area (Å²) in [4.78, 5) is 18.0. The van der Waals surface area contributed by atoms with E-state index in [1.807, 2.05) is 29.0 Å². The summed E-state index contributed by atoms with van der Waals surface area (Å²) in [7, 11) is 0. The SMILES string of the molecule is O=c1ccc2cc(OCCCn3ccnc3)ccc2[nH]1. The molecule has 2 aromatic heterocycles. The second-order valence-corrected chi connectivity index (χ2v) is 4.57. The normalized spacial score (nSPS) is 10.8. The summed E-state index contributed by atoms with van der Waals surface area (Å²) in [6, 6.07) is 8.98. The van der Waals surface area contributed by atoms with E-state index >= 15 is 0 Å². The minimum atomic E-state index is -0.0912. The number of pyridine rings is 1. The number of nitrogens with zero attached hydrogens (tertiary/aromatic N) is 2. The van der Waals surface area contributed by atoms with Gasteiger partial charge in [-0.3, -0.25) is 4.79 Å². The van der Waals surface area contributed by atoms with Crippen molar-refractivity contribution in [3.63, 3.8) is 0 Å². The Morgan fingerprint density at radius 2 is 2.20 bits per heavy atom. The molecule has 5 nitrogen and oxygen atoms in total. The van der Waals surface area contributed by atoms with Crippen LogP contribution in [-0.2, 0) is 6.54 Å². The Labute approximate surface area is 115 Å². The molecule has 3 aromatic rings. The predicted octanol–water partition coefficient (Wildman–Crippen LogP) is 2.19. The zero-order valence-corrected chi connectivity index (χ0v) is 11.0. The van der Waals surface area contributed by atoms with E-state index in [0.717, 1.165) is 29.6 Å². The molecular weight excluding hydrogens is 254 g/mol. The number of hydrogen-bond acceptors (Lipinski definition) is 3. The van der Waals surface area contributed by atoms with Crippen molar-refractivity contribution in [3.05, 3.63) is 59.4 Å². The van der Waals surface area contributed by atoms with E-state index in [9.17, 15) is 4.79 Å². The Morgan fingerprint density at radius 3 is 3.05 bits per heavy atom. The van der Waals surface area contributed by atoms with Crippen molar-refractivity contribution >= 4 is 10.9 Å². The number of fused-ring (bicyclic) bond motifs is 1. The first-order chi connectivity index (χ1) is 9.81. The van der Waals surface area contributed by atoms with Gasteiger partial charge in [0.15, 0.2) is 0 Å². The molecule has 1 N–H and O–H groups in total. The van der Waals surface area contributed by atoms with Crippen LogP contribution < -0.4 is 10.3 Å². The van der Waals surface area contributed by atoms with E-state index in [0.29, 0.717) is 6.61 Å². The third kappa shape index (κ3) is 2.88. The molecule has 0 unspecified atom stereocenters. The third-order valence-corrected chi connectivity index (χ3v) is 3.08. The highest BCUT2D eigenvalue weighted by atomic mass is 16.5. The van der Waals surface area contributed by atoms with Crippen molar-refractivity contribution < 1.29 is 4.74 Å². The van der Waals surface area contributed by atoms with Crippen LogP contribution >= 0.6 is 0 Å². The minimum Gasteiger partial charge on any atom is -0.494 e. The number of H-pyrrole nitrogens is 1. The van der Waals surface area contributed by atoms with E-state index in [2.05, 4.69) is 9.97 Å². The molecule has 102 valence electrons. The van der Waals surface area contributed by atoms with Gasteiger partial charge in [0.25, 0.3) is 0 Å². The first-order valence-corrected chi connectivity index (χ1v) is 6.53. The summed E-state index contributed by atoms with van der Waals surface area (Å²) in [5.74, 6) is 0.815. The monoisotopic (exact) mass is 269 g/mol. The molecule has 1 aromatic carbocycles. The topological polar surface area (TPSA) is 59.9 Å². The molecule has 0 bridgehead atoms. The molecule has 0 radical (unpaired) electrons. The third-order valence-electron chi connectivity index (χ3n) is 3.08. The summed E-state index contributed by atoms with van der Waals surface area (Å²) >= 11 is 0. The number of aromatic nitrogens is 3. The molecule has 0 amide bonds. The van der Waals surface area contributed by atoms with E-state index in [4.69, 9.17) is 4.74 Å². The van der Waals surface area contributed by atoms with Crippen LogP contribution in [0.15, 0.2) is 53.8 Å². The standard InChI is InChI=1S/C15H15N3O2/c19-15-5-2-12-10-13(3-4-14(12)17-15)20-9-1-7-18-8-6-16-11-18/h2-6,8,10-11H,1,7,9H2,(H,17,19). The second kappa shape index (κ2) is 5.61. The van der Waals surface area contributed by atoms with Crippen molar-refractivity contribution in [1.29, 1.82) is 0 Å². The van der Waals surface area contributed by atoms with Gasteiger partial charge in [0.05, 0.1) is 12.9 Å². The van der Waals surface area contributed by atoms with Gasteiger partial charge in [-0.05, 0) is 30.7 Å². The van der Waals surface area contributed by atoms with Crippen LogP contribution in [0.5, 0.6) is 5.75 Å². The smallest absolute Gasteiger partial charge is 0.248 e. The Morgan fingerprint density at radius 1 is 1.25 bits per heavy atom. The number of nitrogens with one attached hydrogen (secondary N) is 1. The molecule has 0 saturated carbocycles. The van der Waals surface area contributed by atoms with Gasteiger partial charge in [-0.1, -0.05) is 0 Å². The number of aryl methyl sites for hydroxylation is 1. The number of imidazole rings is 1. The van der Waals surface area contributed by atoms with Gasteiger partial charge in [0.1, 0.15) is 5.75 Å². The van der Waals surface area contributed by atoms with Gasteiger partial charge in [-0.2, -0.15) is 0 Å². The maximum absolute atomic E-state index is 11.2. The summed E-state index contributed by atoms with van der Waals surface area (Å²) < 4.78 is 7.74. The van der Waals surface area contributed by atoms with Crippen LogP contribution in [0.25, 0.3) is 10.9 Å². The van der Waals surface area contributed by atoms with Gasteiger partial charge in [-0.15, -0.1) is 0 Å². The molecule has 20 heavy (non-hydrogen) atoms. The average Bonchev–Trinajstić information content (AvgIpc) is 2.97. The van der Waals surface area contributed by atoms with Crippen molar-refractivity contribution in [2.24, 2.45) is 0 Å². The van der Waals surface area contributed by atoms with Gasteiger partial charge in [-0.25, -0.2) is 4.98 Å². The van der Waals surface area contributed by atoms with Crippen LogP contribution in [0.4, 0.5) is 0 Å². The Balaban J connectivity index is 1.60. The Bertz CT molecular complexity index is 747. The number of aromatic amines is 1. The Kier molecular flexibility index (Phi) is 3.50. The van der Waals surface area contributed by atoms with E-state index < -0.39 is 0 Å². The lowest BCUT2D eigenvalue weighted by atomic mass is 10.2. The van der Waals surface area contributed by atoms with E-state index in [-0.39, 0.29) is 5.56 Å². The zero-order chi connectivity index (χ0) is 13.8. The molecule has 0 aliphatic rings. The highest BCUT2D eigenvalue weighted by molar-refractivity contribution is 5.79. The number of hydrogen-bond donors (Lipinski definition) is 1. The molecular formula is C15H15N3O2. The summed E-state index contributed by atoms with van der Waals surface area (Å²) in [6.45, 7) is 1.54. The molecule has 0 atom stereocenters. The fourth-order valence-corrected chi connectivity index (χ4v) is 2.08. The lowest BCUT2D eigenvalue weighted by molar-refractivity contribution is 0.302. The molecule has 5 heteroatoms. The van der Waals surface area contributed by atoms with E-state index in [1.54, 1.807) is 18.6 Å². The van der Waals surface area contributed by atoms with E-state index in [1.165, 1.54) is 6.07 Å². The van der Waals surface area contributed by atoms with Crippen molar-refractivity contribution in [3.8, 4) is 5.75 Å². The fraction of sp³-hybridized carbons (Fsp3) is 0.200. The molecule has 2 heterocycles. The van der Waals surface area contributed by atoms with Crippen LogP contribution in [-0.4, -0.2) is 21.1 Å². The Hall–Kier alpha value is -2.56. The maximum atomic E-state index is 11.2. The lowest BCUT2D eigenvalue weighted by Gasteiger charge is -2.07. The minimum absolute atomic E-state index is 0.0912. The summed E-state index contributed by atoms with van der Waals surface area (Å²) in [6.07, 6.45) is 6.42. The van der Waals surface area contributed by atoms with Gasteiger partial charge < -0.3 is 14.3 Å². The van der Waals surface area contributed by atoms with Crippen molar-refractivity contribution in [2.45, 2.75) is 13.0 Å². The zero-order valence-electron chi connectivity index (χ0n) is 11.0. The van der Waals surface area contributed by atoms with Crippen LogP contribution in [0, 0.1) is 0 Å². The maximum Gasteiger partial charge on any atom is 0.248 e. The quantitative estimate of drug-likeness (QED) is 0.722. The van der Waals surface area contributed by atoms with Gasteiger partial charge >= 0.3 is 0 Å². The summed E-state index contributed by atoms with van der Waals surface area (Å²) in [5.41, 5.74) is 0.731. The first kappa shape index (κ1) is 12.5. The van der Waals surface area contributed by atoms with Crippen molar-refractivity contribution in [2.75, 3.05) is 6.61 Å². The molecule has 0 aliphatic heterocycles. The lowest BCUT2D eigenvalue weighted by Crippen LogP contribution is -2.04. The fourth-order valence-electron chi connectivity index (χ4n) is 2.08. The largest absolute Gasteiger partial charge is 0.494 e. The second-order valence-electron chi connectivity index (χ2n) is 4.57. The molecule has 0 fully saturated rings. The van der Waals surface area contributed by atoms with Gasteiger partial charge in [0, 0.05) is 35.9 Å². The number of ether oxygens (including phenoxy) is 1. The molecule has 3 rings (SSSR count). The van der Waals surface area contributed by atoms with Crippen molar-refractivity contribution in [1.82, 2.24) is 14.5 Å². The molecule has 0 saturated heterocycles. The highest BCUT2D eigenvalue weighted by Gasteiger charge is 1.99. The highest BCUT2D eigenvalue weighted by Crippen LogP contribution is 2.18. The van der Waals surface area contributed by atoms with Crippen LogP contribution in [0.3, 0.4) is 0 Å².